The Hall–Kier alpha value is -1.66. The second-order valence-electron chi connectivity index (χ2n) is 5.09. The van der Waals surface area contributed by atoms with Crippen LogP contribution in [0, 0.1) is 6.92 Å². The fourth-order valence-electron chi connectivity index (χ4n) is 2.29. The van der Waals surface area contributed by atoms with Gasteiger partial charge in [0.25, 0.3) is 5.91 Å². The average Bonchev–Trinajstić information content (AvgIpc) is 2.71. The van der Waals surface area contributed by atoms with Crippen LogP contribution in [0.5, 0.6) is 0 Å². The minimum Gasteiger partial charge on any atom is -0.548 e. The SMILES string of the molecule is CCC[C@H](C(=O)[O-])N1C(=O)/C(=C/c2cccc(C)c2)SC1=S. The molecule has 22 heavy (non-hydrogen) atoms. The maximum atomic E-state index is 12.5. The highest BCUT2D eigenvalue weighted by Crippen LogP contribution is 2.34. The van der Waals surface area contributed by atoms with Gasteiger partial charge in [-0.1, -0.05) is 67.2 Å². The van der Waals surface area contributed by atoms with Crippen LogP contribution in [-0.4, -0.2) is 27.1 Å². The van der Waals surface area contributed by atoms with Crippen molar-refractivity contribution in [2.24, 2.45) is 0 Å². The van der Waals surface area contributed by atoms with Crippen molar-refractivity contribution in [2.45, 2.75) is 32.7 Å². The first-order valence-corrected chi connectivity index (χ1v) is 8.21. The average molecular weight is 334 g/mol. The van der Waals surface area contributed by atoms with E-state index >= 15 is 0 Å². The third-order valence-corrected chi connectivity index (χ3v) is 4.64. The van der Waals surface area contributed by atoms with Crippen molar-refractivity contribution in [1.29, 1.82) is 0 Å². The fraction of sp³-hybridized carbons (Fsp3) is 0.312. The highest BCUT2D eigenvalue weighted by molar-refractivity contribution is 8.26. The van der Waals surface area contributed by atoms with Gasteiger partial charge in [0, 0.05) is 0 Å². The number of carbonyl (C=O) groups excluding carboxylic acids is 2. The number of amides is 1. The monoisotopic (exact) mass is 334 g/mol. The number of carboxylic acid groups (broad SMARTS) is 1. The molecule has 1 heterocycles. The molecule has 2 rings (SSSR count). The topological polar surface area (TPSA) is 60.4 Å². The van der Waals surface area contributed by atoms with E-state index in [2.05, 4.69) is 0 Å². The number of aryl methyl sites for hydroxylation is 1. The van der Waals surface area contributed by atoms with Gasteiger partial charge in [0.2, 0.25) is 0 Å². The Morgan fingerprint density at radius 2 is 2.23 bits per heavy atom. The second-order valence-corrected chi connectivity index (χ2v) is 6.77. The number of rotatable bonds is 5. The second kappa shape index (κ2) is 7.07. The fourth-order valence-corrected chi connectivity index (χ4v) is 3.64. The number of carboxylic acids is 1. The van der Waals surface area contributed by atoms with Crippen LogP contribution in [0.4, 0.5) is 0 Å². The van der Waals surface area contributed by atoms with Gasteiger partial charge in [0.1, 0.15) is 4.32 Å². The van der Waals surface area contributed by atoms with Crippen LogP contribution in [-0.2, 0) is 9.59 Å². The number of hydrogen-bond donors (Lipinski definition) is 0. The minimum absolute atomic E-state index is 0.270. The lowest BCUT2D eigenvalue weighted by molar-refractivity contribution is -0.310. The molecule has 0 radical (unpaired) electrons. The lowest BCUT2D eigenvalue weighted by Crippen LogP contribution is -2.49. The van der Waals surface area contributed by atoms with Crippen molar-refractivity contribution in [3.63, 3.8) is 0 Å². The van der Waals surface area contributed by atoms with Crippen molar-refractivity contribution in [1.82, 2.24) is 4.90 Å². The summed E-state index contributed by atoms with van der Waals surface area (Å²) >= 11 is 6.31. The van der Waals surface area contributed by atoms with E-state index in [0.717, 1.165) is 22.9 Å². The van der Waals surface area contributed by atoms with Gasteiger partial charge in [-0.15, -0.1) is 0 Å². The normalized spacial score (nSPS) is 18.1. The van der Waals surface area contributed by atoms with Crippen LogP contribution < -0.4 is 5.11 Å². The Morgan fingerprint density at radius 3 is 2.82 bits per heavy atom. The van der Waals surface area contributed by atoms with E-state index in [1.165, 1.54) is 4.90 Å². The lowest BCUT2D eigenvalue weighted by Gasteiger charge is -2.27. The molecule has 0 aromatic heterocycles. The van der Waals surface area contributed by atoms with Crippen LogP contribution in [0.15, 0.2) is 29.2 Å². The smallest absolute Gasteiger partial charge is 0.266 e. The Labute approximate surface area is 139 Å². The molecule has 1 aliphatic rings. The van der Waals surface area contributed by atoms with E-state index < -0.39 is 12.0 Å². The van der Waals surface area contributed by atoms with Crippen molar-refractivity contribution >= 4 is 46.3 Å². The molecule has 1 aliphatic heterocycles. The first-order valence-electron chi connectivity index (χ1n) is 6.98. The number of thioether (sulfide) groups is 1. The molecule has 1 aromatic carbocycles. The molecule has 116 valence electrons. The molecule has 0 spiro atoms. The Morgan fingerprint density at radius 1 is 1.50 bits per heavy atom. The molecule has 1 atom stereocenters. The highest BCUT2D eigenvalue weighted by atomic mass is 32.2. The zero-order valence-corrected chi connectivity index (χ0v) is 14.0. The third-order valence-electron chi connectivity index (χ3n) is 3.31. The maximum absolute atomic E-state index is 12.5. The number of thiocarbonyl (C=S) groups is 1. The molecule has 0 aliphatic carbocycles. The van der Waals surface area contributed by atoms with Gasteiger partial charge in [0.15, 0.2) is 0 Å². The summed E-state index contributed by atoms with van der Waals surface area (Å²) < 4.78 is 0.270. The van der Waals surface area contributed by atoms with Crippen molar-refractivity contribution < 1.29 is 14.7 Å². The summed E-state index contributed by atoms with van der Waals surface area (Å²) in [4.78, 5) is 25.4. The molecule has 0 unspecified atom stereocenters. The van der Waals surface area contributed by atoms with E-state index in [9.17, 15) is 14.7 Å². The molecule has 0 saturated carbocycles. The Balaban J connectivity index is 2.30. The summed E-state index contributed by atoms with van der Waals surface area (Å²) in [5.74, 6) is -1.63. The van der Waals surface area contributed by atoms with Gasteiger partial charge in [-0.25, -0.2) is 0 Å². The lowest BCUT2D eigenvalue weighted by atomic mass is 10.1. The molecular formula is C16H16NO3S2-. The maximum Gasteiger partial charge on any atom is 0.266 e. The van der Waals surface area contributed by atoms with Crippen LogP contribution in [0.3, 0.4) is 0 Å². The summed E-state index contributed by atoms with van der Waals surface area (Å²) in [5.41, 5.74) is 1.98. The Kier molecular flexibility index (Phi) is 5.37. The standard InChI is InChI=1S/C16H17NO3S2/c1-3-5-12(15(19)20)17-14(18)13(22-16(17)21)9-11-7-4-6-10(2)8-11/h4,6-9,12H,3,5H2,1-2H3,(H,19,20)/p-1/b13-9-/t12-/m1/s1. The molecule has 0 bridgehead atoms. The highest BCUT2D eigenvalue weighted by Gasteiger charge is 2.37. The first-order chi connectivity index (χ1) is 10.4. The van der Waals surface area contributed by atoms with Crippen LogP contribution in [0.25, 0.3) is 6.08 Å². The van der Waals surface area contributed by atoms with Crippen molar-refractivity contribution in [2.75, 3.05) is 0 Å². The summed E-state index contributed by atoms with van der Waals surface area (Å²) in [6.07, 6.45) is 2.70. The van der Waals surface area contributed by atoms with E-state index in [-0.39, 0.29) is 10.2 Å². The van der Waals surface area contributed by atoms with E-state index in [0.29, 0.717) is 17.7 Å². The summed E-state index contributed by atoms with van der Waals surface area (Å²) in [6.45, 7) is 3.83. The van der Waals surface area contributed by atoms with Crippen LogP contribution >= 0.6 is 24.0 Å². The van der Waals surface area contributed by atoms with Gasteiger partial charge in [0.05, 0.1) is 16.9 Å². The van der Waals surface area contributed by atoms with Gasteiger partial charge in [-0.2, -0.15) is 0 Å². The first kappa shape index (κ1) is 16.7. The minimum atomic E-state index is -1.27. The molecule has 0 N–H and O–H groups in total. The van der Waals surface area contributed by atoms with Crippen LogP contribution in [0.1, 0.15) is 30.9 Å². The molecular weight excluding hydrogens is 318 g/mol. The summed E-state index contributed by atoms with van der Waals surface area (Å²) in [7, 11) is 0. The quantitative estimate of drug-likeness (QED) is 0.610. The molecule has 4 nitrogen and oxygen atoms in total. The molecule has 6 heteroatoms. The van der Waals surface area contributed by atoms with E-state index in [1.54, 1.807) is 6.08 Å². The predicted octanol–water partition coefficient (Wildman–Crippen LogP) is 2.11. The summed E-state index contributed by atoms with van der Waals surface area (Å²) in [5, 5.41) is 11.3. The number of benzene rings is 1. The molecule has 1 saturated heterocycles. The zero-order valence-electron chi connectivity index (χ0n) is 12.4. The van der Waals surface area contributed by atoms with Gasteiger partial charge >= 0.3 is 0 Å². The number of aliphatic carboxylic acids is 1. The third kappa shape index (κ3) is 3.56. The van der Waals surface area contributed by atoms with E-state index in [1.807, 2.05) is 38.1 Å². The number of carbonyl (C=O) groups is 2. The molecule has 1 fully saturated rings. The number of nitrogens with zero attached hydrogens (tertiary/aromatic N) is 1. The van der Waals surface area contributed by atoms with Crippen LogP contribution in [0.2, 0.25) is 0 Å². The van der Waals surface area contributed by atoms with E-state index in [4.69, 9.17) is 12.2 Å². The van der Waals surface area contributed by atoms with Crippen molar-refractivity contribution in [3.8, 4) is 0 Å². The van der Waals surface area contributed by atoms with Gasteiger partial charge in [-0.3, -0.25) is 9.69 Å². The summed E-state index contributed by atoms with van der Waals surface area (Å²) in [6, 6.07) is 6.72. The number of hydrogen-bond acceptors (Lipinski definition) is 5. The molecule has 1 aromatic rings. The largest absolute Gasteiger partial charge is 0.548 e. The Bertz CT molecular complexity index is 655. The zero-order chi connectivity index (χ0) is 16.3. The predicted molar refractivity (Wildman–Crippen MR) is 89.9 cm³/mol. The molecule has 1 amide bonds. The van der Waals surface area contributed by atoms with Gasteiger partial charge in [-0.05, 0) is 25.0 Å². The van der Waals surface area contributed by atoms with Crippen molar-refractivity contribution in [3.05, 3.63) is 40.3 Å². The van der Waals surface area contributed by atoms with Gasteiger partial charge < -0.3 is 9.90 Å².